The second kappa shape index (κ2) is 8.21. The molecule has 0 atom stereocenters. The molecule has 1 N–H and O–H groups in total. The van der Waals surface area contributed by atoms with Crippen LogP contribution < -0.4 is 5.32 Å². The lowest BCUT2D eigenvalue weighted by molar-refractivity contribution is -0.126. The number of nitrogens with zero attached hydrogens (tertiary/aromatic N) is 3. The highest BCUT2D eigenvalue weighted by molar-refractivity contribution is 5.96. The van der Waals surface area contributed by atoms with Crippen molar-refractivity contribution in [2.45, 2.75) is 32.6 Å². The second-order valence-corrected chi connectivity index (χ2v) is 6.80. The van der Waals surface area contributed by atoms with Crippen LogP contribution in [0, 0.1) is 0 Å². The van der Waals surface area contributed by atoms with E-state index in [1.807, 2.05) is 11.8 Å². The van der Waals surface area contributed by atoms with Crippen LogP contribution in [-0.2, 0) is 4.79 Å². The van der Waals surface area contributed by atoms with E-state index in [1.54, 1.807) is 29.2 Å². The van der Waals surface area contributed by atoms with Crippen LogP contribution in [0.15, 0.2) is 24.3 Å². The van der Waals surface area contributed by atoms with Crippen molar-refractivity contribution in [3.8, 4) is 0 Å². The first-order chi connectivity index (χ1) is 12.6. The number of anilines is 1. The molecule has 2 heterocycles. The van der Waals surface area contributed by atoms with Gasteiger partial charge in [-0.25, -0.2) is 4.79 Å². The average molecular weight is 358 g/mol. The smallest absolute Gasteiger partial charge is 0.323 e. The van der Waals surface area contributed by atoms with Gasteiger partial charge in [0.25, 0.3) is 5.91 Å². The van der Waals surface area contributed by atoms with Crippen molar-refractivity contribution in [2.75, 3.05) is 38.2 Å². The lowest BCUT2D eigenvalue weighted by Crippen LogP contribution is -2.34. The molecule has 140 valence electrons. The zero-order valence-corrected chi connectivity index (χ0v) is 15.2. The first-order valence-corrected chi connectivity index (χ1v) is 9.31. The summed E-state index contributed by atoms with van der Waals surface area (Å²) in [5, 5.41) is 2.79. The minimum absolute atomic E-state index is 0.0407. The fourth-order valence-electron chi connectivity index (χ4n) is 3.37. The zero-order valence-electron chi connectivity index (χ0n) is 15.2. The maximum Gasteiger partial charge on any atom is 0.323 e. The highest BCUT2D eigenvalue weighted by Gasteiger charge is 2.29. The Bertz CT molecular complexity index is 666. The molecule has 26 heavy (non-hydrogen) atoms. The normalized spacial score (nSPS) is 18.0. The summed E-state index contributed by atoms with van der Waals surface area (Å²) < 4.78 is 0. The van der Waals surface area contributed by atoms with Crippen molar-refractivity contribution in [1.29, 1.82) is 0 Å². The number of benzene rings is 1. The lowest BCUT2D eigenvalue weighted by atomic mass is 10.1. The molecular weight excluding hydrogens is 332 g/mol. The molecule has 2 aliphatic rings. The number of nitrogens with one attached hydrogen (secondary N) is 1. The summed E-state index contributed by atoms with van der Waals surface area (Å²) in [6, 6.07) is 6.66. The van der Waals surface area contributed by atoms with E-state index in [1.165, 1.54) is 17.7 Å². The van der Waals surface area contributed by atoms with E-state index < -0.39 is 0 Å². The molecule has 7 heteroatoms. The highest BCUT2D eigenvalue weighted by atomic mass is 16.2. The molecule has 7 nitrogen and oxygen atoms in total. The molecule has 0 bridgehead atoms. The summed E-state index contributed by atoms with van der Waals surface area (Å²) in [5.41, 5.74) is 1.25. The van der Waals surface area contributed by atoms with E-state index in [0.717, 1.165) is 25.9 Å². The molecule has 2 saturated heterocycles. The van der Waals surface area contributed by atoms with E-state index in [9.17, 15) is 14.4 Å². The molecule has 0 aromatic heterocycles. The number of likely N-dealkylation sites (tertiary alicyclic amines) is 1. The Balaban J connectivity index is 1.58. The quantitative estimate of drug-likeness (QED) is 0.901. The van der Waals surface area contributed by atoms with Crippen LogP contribution in [0.3, 0.4) is 0 Å². The Kier molecular flexibility index (Phi) is 5.75. The molecule has 0 aliphatic carbocycles. The van der Waals surface area contributed by atoms with Gasteiger partial charge in [-0.3, -0.25) is 14.5 Å². The van der Waals surface area contributed by atoms with Gasteiger partial charge in [0.1, 0.15) is 6.54 Å². The molecule has 0 radical (unpaired) electrons. The molecule has 0 unspecified atom stereocenters. The van der Waals surface area contributed by atoms with Gasteiger partial charge in [-0.05, 0) is 44.0 Å². The fourth-order valence-corrected chi connectivity index (χ4v) is 3.37. The Morgan fingerprint density at radius 2 is 1.65 bits per heavy atom. The third kappa shape index (κ3) is 4.15. The van der Waals surface area contributed by atoms with Gasteiger partial charge in [-0.2, -0.15) is 0 Å². The van der Waals surface area contributed by atoms with Gasteiger partial charge in [-0.1, -0.05) is 12.8 Å². The Labute approximate surface area is 153 Å². The molecule has 2 aliphatic heterocycles. The van der Waals surface area contributed by atoms with Crippen molar-refractivity contribution in [1.82, 2.24) is 14.7 Å². The Morgan fingerprint density at radius 1 is 1.00 bits per heavy atom. The Hall–Kier alpha value is -2.57. The SMILES string of the molecule is CCN1CN(C(=O)Nc2ccc(C(=O)N3CCCCCC3)cc2)CC1=O. The van der Waals surface area contributed by atoms with Gasteiger partial charge in [-0.15, -0.1) is 0 Å². The van der Waals surface area contributed by atoms with Gasteiger partial charge in [0.15, 0.2) is 0 Å². The molecule has 1 aromatic rings. The minimum atomic E-state index is -0.305. The van der Waals surface area contributed by atoms with E-state index >= 15 is 0 Å². The summed E-state index contributed by atoms with van der Waals surface area (Å²) in [5.74, 6) is 0.00884. The summed E-state index contributed by atoms with van der Waals surface area (Å²) in [6.07, 6.45) is 4.48. The first kappa shape index (κ1) is 18.2. The molecule has 0 spiro atoms. The number of urea groups is 1. The Morgan fingerprint density at radius 3 is 2.23 bits per heavy atom. The maximum absolute atomic E-state index is 12.6. The highest BCUT2D eigenvalue weighted by Crippen LogP contribution is 2.16. The first-order valence-electron chi connectivity index (χ1n) is 9.31. The summed E-state index contributed by atoms with van der Waals surface area (Å²) in [6.45, 7) is 4.52. The predicted octanol–water partition coefficient (Wildman–Crippen LogP) is 2.36. The van der Waals surface area contributed by atoms with Gasteiger partial charge < -0.3 is 15.1 Å². The predicted molar refractivity (Wildman–Crippen MR) is 98.8 cm³/mol. The van der Waals surface area contributed by atoms with Crippen LogP contribution in [0.25, 0.3) is 0 Å². The lowest BCUT2D eigenvalue weighted by Gasteiger charge is -2.20. The van der Waals surface area contributed by atoms with Gasteiger partial charge in [0.05, 0.1) is 6.67 Å². The summed E-state index contributed by atoms with van der Waals surface area (Å²) in [7, 11) is 0. The van der Waals surface area contributed by atoms with Gasteiger partial charge in [0.2, 0.25) is 5.91 Å². The molecule has 3 rings (SSSR count). The maximum atomic E-state index is 12.6. The molecule has 4 amide bonds. The van der Waals surface area contributed by atoms with Crippen LogP contribution in [-0.4, -0.2) is 65.4 Å². The van der Waals surface area contributed by atoms with Crippen LogP contribution in [0.4, 0.5) is 10.5 Å². The number of carbonyl (C=O) groups excluding carboxylic acids is 3. The van der Waals surface area contributed by atoms with Gasteiger partial charge >= 0.3 is 6.03 Å². The van der Waals surface area contributed by atoms with Crippen LogP contribution in [0.5, 0.6) is 0 Å². The van der Waals surface area contributed by atoms with Crippen molar-refractivity contribution in [3.05, 3.63) is 29.8 Å². The third-order valence-corrected chi connectivity index (χ3v) is 4.97. The summed E-state index contributed by atoms with van der Waals surface area (Å²) >= 11 is 0. The zero-order chi connectivity index (χ0) is 18.5. The minimum Gasteiger partial charge on any atom is -0.339 e. The largest absolute Gasteiger partial charge is 0.339 e. The van der Waals surface area contributed by atoms with Crippen LogP contribution in [0.1, 0.15) is 43.0 Å². The molecule has 1 aromatic carbocycles. The van der Waals surface area contributed by atoms with Crippen molar-refractivity contribution in [2.24, 2.45) is 0 Å². The number of amides is 4. The second-order valence-electron chi connectivity index (χ2n) is 6.80. The van der Waals surface area contributed by atoms with E-state index in [-0.39, 0.29) is 24.4 Å². The number of rotatable bonds is 3. The topological polar surface area (TPSA) is 73.0 Å². The molecular formula is C19H26N4O3. The summed E-state index contributed by atoms with van der Waals surface area (Å²) in [4.78, 5) is 41.6. The number of hydrogen-bond donors (Lipinski definition) is 1. The van der Waals surface area contributed by atoms with E-state index in [0.29, 0.717) is 24.5 Å². The monoisotopic (exact) mass is 358 g/mol. The third-order valence-electron chi connectivity index (χ3n) is 4.97. The number of likely N-dealkylation sites (N-methyl/N-ethyl adjacent to an activating group) is 1. The fraction of sp³-hybridized carbons (Fsp3) is 0.526. The van der Waals surface area contributed by atoms with Crippen molar-refractivity contribution < 1.29 is 14.4 Å². The van der Waals surface area contributed by atoms with E-state index in [2.05, 4.69) is 5.32 Å². The van der Waals surface area contributed by atoms with Crippen molar-refractivity contribution >= 4 is 23.5 Å². The van der Waals surface area contributed by atoms with Crippen LogP contribution >= 0.6 is 0 Å². The molecule has 2 fully saturated rings. The van der Waals surface area contributed by atoms with Crippen molar-refractivity contribution in [3.63, 3.8) is 0 Å². The number of hydrogen-bond acceptors (Lipinski definition) is 3. The van der Waals surface area contributed by atoms with E-state index in [4.69, 9.17) is 0 Å². The standard InChI is InChI=1S/C19H26N4O3/c1-2-21-14-23(13-17(21)24)19(26)20-16-9-7-15(8-10-16)18(25)22-11-5-3-4-6-12-22/h7-10H,2-6,11-14H2,1H3,(H,20,26). The van der Waals surface area contributed by atoms with Gasteiger partial charge in [0, 0.05) is 30.9 Å². The molecule has 0 saturated carbocycles. The average Bonchev–Trinajstić information content (AvgIpc) is 2.85. The number of carbonyl (C=O) groups is 3. The van der Waals surface area contributed by atoms with Crippen LogP contribution in [0.2, 0.25) is 0 Å².